The number of halogens is 1. The zero-order chi connectivity index (χ0) is 26.5. The van der Waals surface area contributed by atoms with Crippen LogP contribution in [0.5, 0.6) is 28.7 Å². The number of benzene rings is 3. The van der Waals surface area contributed by atoms with Crippen molar-refractivity contribution in [1.82, 2.24) is 0 Å². The van der Waals surface area contributed by atoms with Crippen molar-refractivity contribution in [3.05, 3.63) is 77.9 Å². The zero-order valence-electron chi connectivity index (χ0n) is 21.7. The molecule has 0 radical (unpaired) electrons. The number of aryl methyl sites for hydroxylation is 1. The van der Waals surface area contributed by atoms with Gasteiger partial charge in [0.25, 0.3) is 0 Å². The largest absolute Gasteiger partial charge is 0.497 e. The highest BCUT2D eigenvalue weighted by Gasteiger charge is 2.18. The Morgan fingerprint density at radius 1 is 0.811 bits per heavy atom. The van der Waals surface area contributed by atoms with Crippen LogP contribution in [-0.2, 0) is 16.0 Å². The van der Waals surface area contributed by atoms with Crippen LogP contribution in [0.3, 0.4) is 0 Å². The van der Waals surface area contributed by atoms with Gasteiger partial charge in [0.05, 0.1) is 26.9 Å². The fraction of sp³-hybridized carbons (Fsp3) is 0.367. The van der Waals surface area contributed by atoms with E-state index in [2.05, 4.69) is 6.92 Å². The Balaban J connectivity index is 1.42. The van der Waals surface area contributed by atoms with Crippen LogP contribution < -0.4 is 18.9 Å². The van der Waals surface area contributed by atoms with E-state index in [1.807, 2.05) is 54.6 Å². The van der Waals surface area contributed by atoms with E-state index >= 15 is 0 Å². The Morgan fingerprint density at radius 2 is 1.43 bits per heavy atom. The fourth-order valence-electron chi connectivity index (χ4n) is 3.67. The van der Waals surface area contributed by atoms with Crippen molar-refractivity contribution in [2.24, 2.45) is 0 Å². The number of carbonyl (C=O) groups excluding carboxylic acids is 1. The number of carbonyl (C=O) groups is 1. The lowest BCUT2D eigenvalue weighted by Crippen LogP contribution is -2.11. The van der Waals surface area contributed by atoms with Gasteiger partial charge in [-0.2, -0.15) is 0 Å². The third-order valence-corrected chi connectivity index (χ3v) is 6.01. The fourth-order valence-corrected chi connectivity index (χ4v) is 3.87. The first kappa shape index (κ1) is 28.2. The molecule has 198 valence electrons. The summed E-state index contributed by atoms with van der Waals surface area (Å²) in [5.74, 6) is 3.50. The number of hydrogen-bond acceptors (Lipinski definition) is 6. The van der Waals surface area contributed by atoms with Crippen LogP contribution in [0.4, 0.5) is 0 Å². The Morgan fingerprint density at radius 3 is 2.08 bits per heavy atom. The first-order valence-corrected chi connectivity index (χ1v) is 13.1. The second kappa shape index (κ2) is 15.0. The van der Waals surface area contributed by atoms with Crippen LogP contribution >= 0.6 is 11.6 Å². The van der Waals surface area contributed by atoms with Gasteiger partial charge < -0.3 is 23.7 Å². The molecule has 0 bridgehead atoms. The van der Waals surface area contributed by atoms with Gasteiger partial charge in [0.2, 0.25) is 0 Å². The van der Waals surface area contributed by atoms with Gasteiger partial charge in [0.1, 0.15) is 28.7 Å². The van der Waals surface area contributed by atoms with Crippen molar-refractivity contribution in [2.45, 2.75) is 44.9 Å². The molecule has 0 fully saturated rings. The number of methoxy groups -OCH3 is 1. The van der Waals surface area contributed by atoms with E-state index in [-0.39, 0.29) is 0 Å². The quantitative estimate of drug-likeness (QED) is 0.116. The van der Waals surface area contributed by atoms with Crippen LogP contribution in [0, 0.1) is 0 Å². The van der Waals surface area contributed by atoms with Crippen molar-refractivity contribution >= 4 is 17.6 Å². The minimum Gasteiger partial charge on any atom is -0.497 e. The number of rotatable bonds is 15. The van der Waals surface area contributed by atoms with Gasteiger partial charge in [-0.1, -0.05) is 25.5 Å². The second-order valence-electron chi connectivity index (χ2n) is 8.38. The van der Waals surface area contributed by atoms with Crippen LogP contribution in [-0.4, -0.2) is 32.9 Å². The molecule has 7 heteroatoms. The number of alkyl halides is 1. The smallest absolute Gasteiger partial charge is 0.328 e. The zero-order valence-corrected chi connectivity index (χ0v) is 22.5. The summed E-state index contributed by atoms with van der Waals surface area (Å²) in [6.07, 6.45) is 3.64. The monoisotopic (exact) mass is 526 g/mol. The van der Waals surface area contributed by atoms with Gasteiger partial charge >= 0.3 is 5.97 Å². The van der Waals surface area contributed by atoms with Gasteiger partial charge in [-0.3, -0.25) is 4.79 Å². The molecule has 3 aromatic carbocycles. The number of unbranched alkanes of at least 4 members (excludes halogenated alkanes) is 1. The van der Waals surface area contributed by atoms with Crippen molar-refractivity contribution in [3.63, 3.8) is 0 Å². The summed E-state index contributed by atoms with van der Waals surface area (Å²) in [7, 11) is 1.64. The average Bonchev–Trinajstić information content (AvgIpc) is 2.92. The predicted molar refractivity (Wildman–Crippen MR) is 145 cm³/mol. The Kier molecular flexibility index (Phi) is 11.4. The summed E-state index contributed by atoms with van der Waals surface area (Å²) < 4.78 is 28.0. The van der Waals surface area contributed by atoms with Crippen LogP contribution in [0.25, 0.3) is 0 Å². The second-order valence-corrected chi connectivity index (χ2v) is 8.82. The minimum atomic E-state index is -0.813. The van der Waals surface area contributed by atoms with E-state index in [0.717, 1.165) is 60.0 Å². The van der Waals surface area contributed by atoms with Crippen LogP contribution in [0.15, 0.2) is 66.7 Å². The van der Waals surface area contributed by atoms with E-state index in [1.165, 1.54) is 0 Å². The molecule has 0 spiro atoms. The third-order valence-electron chi connectivity index (χ3n) is 5.58. The van der Waals surface area contributed by atoms with Crippen molar-refractivity contribution < 1.29 is 28.5 Å². The van der Waals surface area contributed by atoms with E-state index in [1.54, 1.807) is 26.2 Å². The lowest BCUT2D eigenvalue weighted by molar-refractivity contribution is -0.142. The highest BCUT2D eigenvalue weighted by molar-refractivity contribution is 6.29. The summed E-state index contributed by atoms with van der Waals surface area (Å²) >= 11 is 6.15. The Labute approximate surface area is 224 Å². The standard InChI is InChI=1S/C30H35ClO6/c1-4-8-23-21-27(37-26-15-13-24(33-3)14-16-26)17-18-28(23)36-20-7-6-19-35-25-11-9-22(10-12-25)29(31)30(32)34-5-2/h9-18,21,29H,4-8,19-20H2,1-3H3. The van der Waals surface area contributed by atoms with Gasteiger partial charge in [-0.05, 0) is 91.9 Å². The van der Waals surface area contributed by atoms with Crippen LogP contribution in [0.2, 0.25) is 0 Å². The van der Waals surface area contributed by atoms with Crippen molar-refractivity contribution in [3.8, 4) is 28.7 Å². The molecule has 1 unspecified atom stereocenters. The number of esters is 1. The van der Waals surface area contributed by atoms with Gasteiger partial charge in [0.15, 0.2) is 5.38 Å². The summed E-state index contributed by atoms with van der Waals surface area (Å²) in [5.41, 5.74) is 1.81. The molecule has 6 nitrogen and oxygen atoms in total. The molecule has 0 N–H and O–H groups in total. The molecular formula is C30H35ClO6. The molecule has 37 heavy (non-hydrogen) atoms. The number of ether oxygens (including phenoxy) is 5. The SMILES string of the molecule is CCCc1cc(Oc2ccc(OC)cc2)ccc1OCCCCOc1ccc(C(Cl)C(=O)OCC)cc1. The summed E-state index contributed by atoms with van der Waals surface area (Å²) in [6, 6.07) is 20.7. The molecule has 0 saturated heterocycles. The van der Waals surface area contributed by atoms with Gasteiger partial charge in [-0.25, -0.2) is 0 Å². The molecule has 3 aromatic rings. The predicted octanol–water partition coefficient (Wildman–Crippen LogP) is 7.52. The molecule has 0 aliphatic rings. The maximum Gasteiger partial charge on any atom is 0.328 e. The van der Waals surface area contributed by atoms with Gasteiger partial charge in [-0.15, -0.1) is 11.6 Å². The third kappa shape index (κ3) is 8.90. The minimum absolute atomic E-state index is 0.303. The molecule has 0 aliphatic carbocycles. The van der Waals surface area contributed by atoms with E-state index in [4.69, 9.17) is 35.3 Å². The lowest BCUT2D eigenvalue weighted by Gasteiger charge is -2.14. The lowest BCUT2D eigenvalue weighted by atomic mass is 10.1. The first-order chi connectivity index (χ1) is 18.0. The highest BCUT2D eigenvalue weighted by Crippen LogP contribution is 2.30. The van der Waals surface area contributed by atoms with Gasteiger partial charge in [0, 0.05) is 0 Å². The molecule has 0 aliphatic heterocycles. The first-order valence-electron chi connectivity index (χ1n) is 12.6. The Bertz CT molecular complexity index is 1100. The molecule has 1 atom stereocenters. The summed E-state index contributed by atoms with van der Waals surface area (Å²) in [6.45, 7) is 5.38. The molecule has 0 aromatic heterocycles. The maximum atomic E-state index is 11.8. The van der Waals surface area contributed by atoms with Crippen LogP contribution in [0.1, 0.15) is 49.6 Å². The van der Waals surface area contributed by atoms with E-state index in [0.29, 0.717) is 25.4 Å². The van der Waals surface area contributed by atoms with E-state index < -0.39 is 11.3 Å². The molecule has 3 rings (SSSR count). The molecular weight excluding hydrogens is 492 g/mol. The highest BCUT2D eigenvalue weighted by atomic mass is 35.5. The molecule has 0 saturated carbocycles. The number of hydrogen-bond donors (Lipinski definition) is 0. The summed E-state index contributed by atoms with van der Waals surface area (Å²) in [4.78, 5) is 11.8. The average molecular weight is 527 g/mol. The maximum absolute atomic E-state index is 11.8. The van der Waals surface area contributed by atoms with E-state index in [9.17, 15) is 4.79 Å². The van der Waals surface area contributed by atoms with Crippen molar-refractivity contribution in [1.29, 1.82) is 0 Å². The summed E-state index contributed by atoms with van der Waals surface area (Å²) in [5, 5.41) is -0.813. The van der Waals surface area contributed by atoms with Crippen molar-refractivity contribution in [2.75, 3.05) is 26.9 Å². The topological polar surface area (TPSA) is 63.2 Å². The molecule has 0 amide bonds. The molecule has 0 heterocycles. The Hall–Kier alpha value is -3.38. The normalized spacial score (nSPS) is 11.5.